The molecule has 2 aromatic rings. The predicted molar refractivity (Wildman–Crippen MR) is 107 cm³/mol. The second-order valence-electron chi connectivity index (χ2n) is 7.63. The molecule has 26 heavy (non-hydrogen) atoms. The van der Waals surface area contributed by atoms with Gasteiger partial charge in [0, 0.05) is 22.1 Å². The topological polar surface area (TPSA) is 50.4 Å². The molecule has 1 aromatic carbocycles. The predicted octanol–water partition coefficient (Wildman–Crippen LogP) is 5.92. The maximum absolute atomic E-state index is 12.8. The lowest BCUT2D eigenvalue weighted by Crippen LogP contribution is -2.16. The summed E-state index contributed by atoms with van der Waals surface area (Å²) in [5.74, 6) is 1.22. The lowest BCUT2D eigenvalue weighted by atomic mass is 10.0. The van der Waals surface area contributed by atoms with Crippen LogP contribution in [0, 0.1) is 5.92 Å². The summed E-state index contributed by atoms with van der Waals surface area (Å²) in [6, 6.07) is 11.1. The van der Waals surface area contributed by atoms with Crippen molar-refractivity contribution in [2.45, 2.75) is 61.9 Å². The molecule has 2 aliphatic rings. The normalized spacial score (nSPS) is 19.4. The zero-order valence-corrected chi connectivity index (χ0v) is 15.8. The molecule has 0 bridgehead atoms. The van der Waals surface area contributed by atoms with Gasteiger partial charge in [-0.15, -0.1) is 11.8 Å². The molecule has 1 atom stereocenters. The Hall–Kier alpha value is -1.68. The summed E-state index contributed by atoms with van der Waals surface area (Å²) in [5.41, 5.74) is 0.912. The van der Waals surface area contributed by atoms with E-state index in [1.807, 2.05) is 42.1 Å². The molecule has 1 unspecified atom stereocenters. The summed E-state index contributed by atoms with van der Waals surface area (Å²) in [7, 11) is 0. The van der Waals surface area contributed by atoms with Gasteiger partial charge in [-0.05, 0) is 25.2 Å². The van der Waals surface area contributed by atoms with E-state index < -0.39 is 0 Å². The molecule has 4 heteroatoms. The molecule has 0 saturated heterocycles. The fraction of sp³-hybridized carbons (Fsp3) is 0.500. The summed E-state index contributed by atoms with van der Waals surface area (Å²) < 4.78 is 5.62. The smallest absolute Gasteiger partial charge is 0.344 e. The van der Waals surface area contributed by atoms with Crippen LogP contribution in [0.5, 0.6) is 5.75 Å². The van der Waals surface area contributed by atoms with Crippen molar-refractivity contribution in [1.29, 1.82) is 0 Å². The third-order valence-corrected chi connectivity index (χ3v) is 7.11. The van der Waals surface area contributed by atoms with E-state index in [0.29, 0.717) is 22.5 Å². The Morgan fingerprint density at radius 3 is 2.46 bits per heavy atom. The fourth-order valence-corrected chi connectivity index (χ4v) is 5.67. The minimum atomic E-state index is -0.377. The van der Waals surface area contributed by atoms with Crippen molar-refractivity contribution in [2.24, 2.45) is 5.92 Å². The molecule has 1 N–H and O–H groups in total. The van der Waals surface area contributed by atoms with E-state index in [0.717, 1.165) is 12.0 Å². The Morgan fingerprint density at radius 1 is 1.08 bits per heavy atom. The van der Waals surface area contributed by atoms with Gasteiger partial charge in [0.05, 0.1) is 5.56 Å². The average Bonchev–Trinajstić information content (AvgIpc) is 3.47. The Labute approximate surface area is 158 Å². The van der Waals surface area contributed by atoms with Gasteiger partial charge >= 0.3 is 5.63 Å². The van der Waals surface area contributed by atoms with Gasteiger partial charge in [-0.1, -0.05) is 62.4 Å². The molecule has 0 amide bonds. The van der Waals surface area contributed by atoms with Crippen molar-refractivity contribution in [3.05, 3.63) is 52.4 Å². The van der Waals surface area contributed by atoms with E-state index >= 15 is 0 Å². The molecular formula is C22H26O3S. The van der Waals surface area contributed by atoms with Crippen LogP contribution in [0.15, 0.2) is 45.6 Å². The van der Waals surface area contributed by atoms with Crippen LogP contribution in [0.1, 0.15) is 62.2 Å². The van der Waals surface area contributed by atoms with E-state index in [-0.39, 0.29) is 16.6 Å². The minimum Gasteiger partial charge on any atom is -0.507 e. The molecule has 0 radical (unpaired) electrons. The van der Waals surface area contributed by atoms with Gasteiger partial charge < -0.3 is 9.52 Å². The number of hydrogen-bond donors (Lipinski definition) is 1. The van der Waals surface area contributed by atoms with Crippen LogP contribution < -0.4 is 5.63 Å². The second-order valence-corrected chi connectivity index (χ2v) is 9.13. The van der Waals surface area contributed by atoms with Crippen molar-refractivity contribution in [3.8, 4) is 17.1 Å². The van der Waals surface area contributed by atoms with Gasteiger partial charge in [0.25, 0.3) is 0 Å². The number of benzene rings is 1. The van der Waals surface area contributed by atoms with Crippen LogP contribution in [-0.4, -0.2) is 10.4 Å². The maximum atomic E-state index is 12.8. The number of rotatable bonds is 6. The SMILES string of the molecule is O=c1oc(-c2ccccc2)cc(O)c1C(CC1CC1)SC1CCCCC1. The standard InChI is InChI=1S/C22H26O3S/c23-18-14-19(16-7-3-1-4-8-16)25-22(24)21(18)20(13-15-11-12-15)26-17-9-5-2-6-10-17/h1,3-4,7-8,14-15,17,20,23H,2,5-6,9-13H2. The second kappa shape index (κ2) is 7.91. The first-order valence-corrected chi connectivity index (χ1v) is 10.7. The summed E-state index contributed by atoms with van der Waals surface area (Å²) in [5, 5.41) is 11.3. The summed E-state index contributed by atoms with van der Waals surface area (Å²) in [4.78, 5) is 12.8. The van der Waals surface area contributed by atoms with E-state index in [2.05, 4.69) is 0 Å². The van der Waals surface area contributed by atoms with E-state index in [1.54, 1.807) is 6.07 Å². The number of thioether (sulfide) groups is 1. The third-order valence-electron chi connectivity index (χ3n) is 5.50. The highest BCUT2D eigenvalue weighted by atomic mass is 32.2. The molecule has 1 aromatic heterocycles. The highest BCUT2D eigenvalue weighted by Gasteiger charge is 2.32. The van der Waals surface area contributed by atoms with Crippen LogP contribution in [0.2, 0.25) is 0 Å². The minimum absolute atomic E-state index is 0.0478. The van der Waals surface area contributed by atoms with E-state index in [9.17, 15) is 9.90 Å². The first-order chi connectivity index (χ1) is 12.7. The zero-order valence-electron chi connectivity index (χ0n) is 15.0. The maximum Gasteiger partial charge on any atom is 0.344 e. The van der Waals surface area contributed by atoms with Gasteiger partial charge in [-0.3, -0.25) is 0 Å². The summed E-state index contributed by atoms with van der Waals surface area (Å²) in [6.45, 7) is 0. The summed E-state index contributed by atoms with van der Waals surface area (Å²) >= 11 is 1.90. The van der Waals surface area contributed by atoms with Gasteiger partial charge in [-0.25, -0.2) is 4.79 Å². The number of hydrogen-bond acceptors (Lipinski definition) is 4. The molecule has 2 fully saturated rings. The van der Waals surface area contributed by atoms with Crippen molar-refractivity contribution >= 4 is 11.8 Å². The third kappa shape index (κ3) is 4.17. The van der Waals surface area contributed by atoms with E-state index in [1.165, 1.54) is 44.9 Å². The first-order valence-electron chi connectivity index (χ1n) is 9.78. The monoisotopic (exact) mass is 370 g/mol. The van der Waals surface area contributed by atoms with Gasteiger partial charge in [0.15, 0.2) is 0 Å². The molecule has 4 rings (SSSR count). The molecule has 1 heterocycles. The number of aromatic hydroxyl groups is 1. The molecule has 0 spiro atoms. The molecular weight excluding hydrogens is 344 g/mol. The Bertz CT molecular complexity index is 789. The molecule has 2 aliphatic carbocycles. The van der Waals surface area contributed by atoms with Crippen molar-refractivity contribution in [2.75, 3.05) is 0 Å². The van der Waals surface area contributed by atoms with Crippen molar-refractivity contribution < 1.29 is 9.52 Å². The van der Waals surface area contributed by atoms with Crippen molar-refractivity contribution in [3.63, 3.8) is 0 Å². The lowest BCUT2D eigenvalue weighted by Gasteiger charge is -2.26. The van der Waals surface area contributed by atoms with E-state index in [4.69, 9.17) is 4.42 Å². The van der Waals surface area contributed by atoms with Crippen LogP contribution >= 0.6 is 11.8 Å². The van der Waals surface area contributed by atoms with Gasteiger partial charge in [0.1, 0.15) is 11.5 Å². The highest BCUT2D eigenvalue weighted by molar-refractivity contribution is 8.00. The van der Waals surface area contributed by atoms with Gasteiger partial charge in [-0.2, -0.15) is 0 Å². The van der Waals surface area contributed by atoms with Crippen LogP contribution in [0.25, 0.3) is 11.3 Å². The van der Waals surface area contributed by atoms with Gasteiger partial charge in [0.2, 0.25) is 0 Å². The average molecular weight is 371 g/mol. The highest BCUT2D eigenvalue weighted by Crippen LogP contribution is 2.48. The molecule has 3 nitrogen and oxygen atoms in total. The fourth-order valence-electron chi connectivity index (χ4n) is 3.86. The zero-order chi connectivity index (χ0) is 17.9. The van der Waals surface area contributed by atoms with Crippen molar-refractivity contribution in [1.82, 2.24) is 0 Å². The molecule has 138 valence electrons. The quantitative estimate of drug-likeness (QED) is 0.686. The Kier molecular flexibility index (Phi) is 5.39. The van der Waals surface area contributed by atoms with Crippen LogP contribution in [0.4, 0.5) is 0 Å². The molecule has 2 saturated carbocycles. The summed E-state index contributed by atoms with van der Waals surface area (Å²) in [6.07, 6.45) is 9.79. The largest absolute Gasteiger partial charge is 0.507 e. The van der Waals surface area contributed by atoms with Crippen LogP contribution in [-0.2, 0) is 0 Å². The van der Waals surface area contributed by atoms with Crippen LogP contribution in [0.3, 0.4) is 0 Å². The Balaban J connectivity index is 1.63. The lowest BCUT2D eigenvalue weighted by molar-refractivity contribution is 0.436. The Morgan fingerprint density at radius 2 is 1.81 bits per heavy atom. The first kappa shape index (κ1) is 17.7. The molecule has 0 aliphatic heterocycles.